The van der Waals surface area contributed by atoms with Crippen LogP contribution in [0.1, 0.15) is 26.7 Å². The van der Waals surface area contributed by atoms with Gasteiger partial charge in [0.1, 0.15) is 0 Å². The first-order chi connectivity index (χ1) is 6.74. The lowest BCUT2D eigenvalue weighted by atomic mass is 9.86. The Morgan fingerprint density at radius 1 is 1.43 bits per heavy atom. The van der Waals surface area contributed by atoms with Gasteiger partial charge >= 0.3 is 0 Å². The first kappa shape index (κ1) is 9.93. The van der Waals surface area contributed by atoms with Gasteiger partial charge in [-0.1, -0.05) is 13.8 Å². The number of thiazole rings is 1. The summed E-state index contributed by atoms with van der Waals surface area (Å²) >= 11 is 1.67. The van der Waals surface area contributed by atoms with Gasteiger partial charge in [0.2, 0.25) is 0 Å². The van der Waals surface area contributed by atoms with Crippen LogP contribution < -0.4 is 10.6 Å². The number of rotatable bonds is 4. The van der Waals surface area contributed by atoms with Crippen LogP contribution in [0.15, 0.2) is 11.6 Å². The molecule has 0 radical (unpaired) electrons. The molecule has 1 aromatic rings. The van der Waals surface area contributed by atoms with E-state index >= 15 is 0 Å². The van der Waals surface area contributed by atoms with Crippen LogP contribution in [0.3, 0.4) is 0 Å². The summed E-state index contributed by atoms with van der Waals surface area (Å²) in [7, 11) is 0. The summed E-state index contributed by atoms with van der Waals surface area (Å²) < 4.78 is 0. The second kappa shape index (κ2) is 4.28. The third-order valence-electron chi connectivity index (χ3n) is 2.47. The first-order valence-electron chi connectivity index (χ1n) is 5.16. The molecule has 0 spiro atoms. The Hall–Kier alpha value is -0.610. The van der Waals surface area contributed by atoms with Gasteiger partial charge in [0, 0.05) is 29.7 Å². The fourth-order valence-corrected chi connectivity index (χ4v) is 2.42. The lowest BCUT2D eigenvalue weighted by Crippen LogP contribution is -2.49. The molecule has 3 nitrogen and oxygen atoms in total. The van der Waals surface area contributed by atoms with Crippen molar-refractivity contribution in [2.45, 2.75) is 44.8 Å². The van der Waals surface area contributed by atoms with Crippen LogP contribution in [-0.4, -0.2) is 23.1 Å². The average molecular weight is 211 g/mol. The van der Waals surface area contributed by atoms with Crippen molar-refractivity contribution in [1.29, 1.82) is 0 Å². The van der Waals surface area contributed by atoms with Gasteiger partial charge < -0.3 is 10.6 Å². The fourth-order valence-electron chi connectivity index (χ4n) is 1.81. The molecule has 14 heavy (non-hydrogen) atoms. The highest BCUT2D eigenvalue weighted by atomic mass is 32.1. The SMILES string of the molecule is CC(C)NC1CC(Nc2nccs2)C1. The monoisotopic (exact) mass is 211 g/mol. The Bertz CT molecular complexity index is 265. The second-order valence-corrected chi connectivity index (χ2v) is 5.06. The number of aromatic nitrogens is 1. The molecule has 0 unspecified atom stereocenters. The summed E-state index contributed by atoms with van der Waals surface area (Å²) in [6, 6.07) is 1.92. The molecule has 1 fully saturated rings. The minimum Gasteiger partial charge on any atom is -0.359 e. The zero-order valence-corrected chi connectivity index (χ0v) is 9.47. The number of nitrogens with one attached hydrogen (secondary N) is 2. The van der Waals surface area contributed by atoms with Crippen molar-refractivity contribution in [2.24, 2.45) is 0 Å². The molecule has 0 bridgehead atoms. The molecule has 1 aliphatic rings. The van der Waals surface area contributed by atoms with Crippen LogP contribution >= 0.6 is 11.3 Å². The maximum atomic E-state index is 4.21. The van der Waals surface area contributed by atoms with Gasteiger partial charge in [0.15, 0.2) is 5.13 Å². The summed E-state index contributed by atoms with van der Waals surface area (Å²) in [5.74, 6) is 0. The molecule has 1 aliphatic carbocycles. The molecule has 1 aromatic heterocycles. The molecule has 2 rings (SSSR count). The van der Waals surface area contributed by atoms with Crippen LogP contribution in [-0.2, 0) is 0 Å². The van der Waals surface area contributed by atoms with E-state index in [9.17, 15) is 0 Å². The largest absolute Gasteiger partial charge is 0.359 e. The predicted molar refractivity (Wildman–Crippen MR) is 60.8 cm³/mol. The van der Waals surface area contributed by atoms with E-state index in [-0.39, 0.29) is 0 Å². The van der Waals surface area contributed by atoms with E-state index in [1.54, 1.807) is 11.3 Å². The van der Waals surface area contributed by atoms with Crippen molar-refractivity contribution in [3.8, 4) is 0 Å². The molecule has 78 valence electrons. The van der Waals surface area contributed by atoms with E-state index < -0.39 is 0 Å². The van der Waals surface area contributed by atoms with E-state index in [0.717, 1.165) is 5.13 Å². The van der Waals surface area contributed by atoms with Crippen molar-refractivity contribution >= 4 is 16.5 Å². The second-order valence-electron chi connectivity index (χ2n) is 4.17. The molecule has 4 heteroatoms. The van der Waals surface area contributed by atoms with E-state index in [1.807, 2.05) is 11.6 Å². The third-order valence-corrected chi connectivity index (χ3v) is 3.17. The molecule has 0 saturated heterocycles. The van der Waals surface area contributed by atoms with Crippen LogP contribution in [0.25, 0.3) is 0 Å². The fraction of sp³-hybridized carbons (Fsp3) is 0.700. The standard InChI is InChI=1S/C10H17N3S/c1-7(2)12-8-5-9(6-8)13-10-11-3-4-14-10/h3-4,7-9,12H,5-6H2,1-2H3,(H,11,13). The van der Waals surface area contributed by atoms with Gasteiger partial charge in [-0.3, -0.25) is 0 Å². The molecule has 2 N–H and O–H groups in total. The van der Waals surface area contributed by atoms with Crippen molar-refractivity contribution in [3.05, 3.63) is 11.6 Å². The van der Waals surface area contributed by atoms with Crippen molar-refractivity contribution < 1.29 is 0 Å². The lowest BCUT2D eigenvalue weighted by molar-refractivity contribution is 0.291. The van der Waals surface area contributed by atoms with Crippen LogP contribution in [0, 0.1) is 0 Å². The van der Waals surface area contributed by atoms with E-state index in [1.165, 1.54) is 12.8 Å². The van der Waals surface area contributed by atoms with E-state index in [0.29, 0.717) is 18.1 Å². The Balaban J connectivity index is 1.68. The van der Waals surface area contributed by atoms with Gasteiger partial charge in [0.25, 0.3) is 0 Å². The number of anilines is 1. The zero-order chi connectivity index (χ0) is 9.97. The number of hydrogen-bond donors (Lipinski definition) is 2. The van der Waals surface area contributed by atoms with Crippen molar-refractivity contribution in [1.82, 2.24) is 10.3 Å². The normalized spacial score (nSPS) is 26.2. The molecule has 1 heterocycles. The van der Waals surface area contributed by atoms with Gasteiger partial charge in [-0.25, -0.2) is 4.98 Å². The zero-order valence-electron chi connectivity index (χ0n) is 8.66. The number of nitrogens with zero attached hydrogens (tertiary/aromatic N) is 1. The Labute approximate surface area is 88.9 Å². The van der Waals surface area contributed by atoms with Crippen molar-refractivity contribution in [3.63, 3.8) is 0 Å². The minimum atomic E-state index is 0.598. The highest BCUT2D eigenvalue weighted by Crippen LogP contribution is 2.25. The molecule has 0 atom stereocenters. The lowest BCUT2D eigenvalue weighted by Gasteiger charge is -2.37. The molecule has 0 aliphatic heterocycles. The maximum Gasteiger partial charge on any atom is 0.182 e. The molecule has 0 aromatic carbocycles. The number of hydrogen-bond acceptors (Lipinski definition) is 4. The van der Waals surface area contributed by atoms with Gasteiger partial charge in [-0.05, 0) is 12.8 Å². The van der Waals surface area contributed by atoms with E-state index in [4.69, 9.17) is 0 Å². The molecule has 0 amide bonds. The topological polar surface area (TPSA) is 37.0 Å². The van der Waals surface area contributed by atoms with Crippen LogP contribution in [0.4, 0.5) is 5.13 Å². The van der Waals surface area contributed by atoms with Crippen molar-refractivity contribution in [2.75, 3.05) is 5.32 Å². The Kier molecular flexibility index (Phi) is 3.03. The van der Waals surface area contributed by atoms with Gasteiger partial charge in [-0.2, -0.15) is 0 Å². The summed E-state index contributed by atoms with van der Waals surface area (Å²) in [4.78, 5) is 4.21. The average Bonchev–Trinajstić information content (AvgIpc) is 2.52. The minimum absolute atomic E-state index is 0.598. The Morgan fingerprint density at radius 2 is 2.21 bits per heavy atom. The molecule has 1 saturated carbocycles. The third kappa shape index (κ3) is 2.45. The molecular formula is C10H17N3S. The first-order valence-corrected chi connectivity index (χ1v) is 6.04. The van der Waals surface area contributed by atoms with Gasteiger partial charge in [-0.15, -0.1) is 11.3 Å². The van der Waals surface area contributed by atoms with Gasteiger partial charge in [0.05, 0.1) is 0 Å². The van der Waals surface area contributed by atoms with Crippen LogP contribution in [0.2, 0.25) is 0 Å². The maximum absolute atomic E-state index is 4.21. The smallest absolute Gasteiger partial charge is 0.182 e. The summed E-state index contributed by atoms with van der Waals surface area (Å²) in [5, 5.41) is 10.0. The quantitative estimate of drug-likeness (QED) is 0.800. The molecular weight excluding hydrogens is 194 g/mol. The van der Waals surface area contributed by atoms with E-state index in [2.05, 4.69) is 29.5 Å². The summed E-state index contributed by atoms with van der Waals surface area (Å²) in [6.07, 6.45) is 4.28. The highest BCUT2D eigenvalue weighted by Gasteiger charge is 2.29. The summed E-state index contributed by atoms with van der Waals surface area (Å²) in [5.41, 5.74) is 0. The highest BCUT2D eigenvalue weighted by molar-refractivity contribution is 7.13. The van der Waals surface area contributed by atoms with Crippen LogP contribution in [0.5, 0.6) is 0 Å². The Morgan fingerprint density at radius 3 is 2.79 bits per heavy atom. The predicted octanol–water partition coefficient (Wildman–Crippen LogP) is 2.08. The summed E-state index contributed by atoms with van der Waals surface area (Å²) in [6.45, 7) is 4.39.